The Bertz CT molecular complexity index is 855. The number of aromatic nitrogens is 2. The van der Waals surface area contributed by atoms with Crippen LogP contribution in [-0.4, -0.2) is 16.3 Å². The summed E-state index contributed by atoms with van der Waals surface area (Å²) in [5.41, 5.74) is 1.18. The zero-order valence-electron chi connectivity index (χ0n) is 11.3. The average Bonchev–Trinajstić information content (AvgIpc) is 2.52. The van der Waals surface area contributed by atoms with Crippen molar-refractivity contribution >= 4 is 44.6 Å². The van der Waals surface area contributed by atoms with Gasteiger partial charge in [-0.25, -0.2) is 4.98 Å². The van der Waals surface area contributed by atoms with E-state index in [0.717, 1.165) is 20.8 Å². The van der Waals surface area contributed by atoms with Gasteiger partial charge in [0.25, 0.3) is 0 Å². The van der Waals surface area contributed by atoms with Gasteiger partial charge in [-0.1, -0.05) is 11.6 Å². The third-order valence-electron chi connectivity index (χ3n) is 3.15. The van der Waals surface area contributed by atoms with E-state index in [-0.39, 0.29) is 12.3 Å². The van der Waals surface area contributed by atoms with Crippen molar-refractivity contribution in [3.63, 3.8) is 0 Å². The second-order valence-corrected chi connectivity index (χ2v) is 5.96. The quantitative estimate of drug-likeness (QED) is 0.631. The maximum absolute atomic E-state index is 11.0. The first kappa shape index (κ1) is 14.9. The van der Waals surface area contributed by atoms with Gasteiger partial charge in [0.05, 0.1) is 0 Å². The summed E-state index contributed by atoms with van der Waals surface area (Å²) in [6.45, 7) is 0.278. The van der Waals surface area contributed by atoms with Crippen LogP contribution < -0.4 is 4.74 Å². The molecule has 110 valence electrons. The second kappa shape index (κ2) is 6.42. The summed E-state index contributed by atoms with van der Waals surface area (Å²) >= 11 is 9.45. The molecule has 0 fully saturated rings. The Kier molecular flexibility index (Phi) is 4.36. The van der Waals surface area contributed by atoms with Crippen molar-refractivity contribution in [1.82, 2.24) is 9.97 Å². The van der Waals surface area contributed by atoms with Gasteiger partial charge >= 0.3 is 0 Å². The summed E-state index contributed by atoms with van der Waals surface area (Å²) < 4.78 is 6.50. The van der Waals surface area contributed by atoms with Crippen LogP contribution in [0.1, 0.15) is 16.1 Å². The molecule has 4 nitrogen and oxygen atoms in total. The van der Waals surface area contributed by atoms with E-state index in [1.807, 2.05) is 18.2 Å². The van der Waals surface area contributed by atoms with Crippen molar-refractivity contribution in [2.24, 2.45) is 0 Å². The van der Waals surface area contributed by atoms with Gasteiger partial charge in [0.2, 0.25) is 0 Å². The standard InChI is InChI=1S/C16H10BrClN2O2/c17-12-5-16(15(8-21)20-7-12)22-9-11-4-13(18)3-10-6-19-2-1-14(10)11/h1-8H,9H2. The van der Waals surface area contributed by atoms with Crippen LogP contribution in [0.25, 0.3) is 10.8 Å². The molecule has 0 radical (unpaired) electrons. The molecule has 22 heavy (non-hydrogen) atoms. The molecule has 0 N–H and O–H groups in total. The fraction of sp³-hybridized carbons (Fsp3) is 0.0625. The largest absolute Gasteiger partial charge is 0.486 e. The van der Waals surface area contributed by atoms with Crippen LogP contribution in [0.4, 0.5) is 0 Å². The minimum absolute atomic E-state index is 0.260. The first-order valence-corrected chi connectivity index (χ1v) is 7.60. The molecule has 0 aliphatic rings. The molecule has 6 heteroatoms. The molecule has 1 aromatic carbocycles. The van der Waals surface area contributed by atoms with Crippen LogP contribution in [-0.2, 0) is 6.61 Å². The molecule has 0 aliphatic carbocycles. The number of fused-ring (bicyclic) bond motifs is 1. The van der Waals surface area contributed by atoms with Crippen LogP contribution in [0.15, 0.2) is 47.3 Å². The zero-order valence-corrected chi connectivity index (χ0v) is 13.6. The molecule has 0 saturated carbocycles. The number of pyridine rings is 2. The molecule has 0 unspecified atom stereocenters. The summed E-state index contributed by atoms with van der Waals surface area (Å²) in [6, 6.07) is 7.32. The lowest BCUT2D eigenvalue weighted by molar-refractivity contribution is 0.111. The van der Waals surface area contributed by atoms with Crippen molar-refractivity contribution < 1.29 is 9.53 Å². The first-order chi connectivity index (χ1) is 10.7. The molecule has 2 heterocycles. The number of halogens is 2. The van der Waals surface area contributed by atoms with Crippen molar-refractivity contribution in [3.8, 4) is 5.75 Å². The van der Waals surface area contributed by atoms with E-state index < -0.39 is 0 Å². The SMILES string of the molecule is O=Cc1ncc(Br)cc1OCc1cc(Cl)cc2cnccc12. The van der Waals surface area contributed by atoms with E-state index in [0.29, 0.717) is 17.1 Å². The van der Waals surface area contributed by atoms with Gasteiger partial charge in [-0.05, 0) is 51.1 Å². The minimum atomic E-state index is 0.260. The summed E-state index contributed by atoms with van der Waals surface area (Å²) in [4.78, 5) is 19.1. The number of rotatable bonds is 4. The minimum Gasteiger partial charge on any atom is -0.486 e. The smallest absolute Gasteiger partial charge is 0.172 e. The Labute approximate surface area is 140 Å². The monoisotopic (exact) mass is 376 g/mol. The number of benzene rings is 1. The number of hydrogen-bond acceptors (Lipinski definition) is 4. The van der Waals surface area contributed by atoms with E-state index in [1.54, 1.807) is 24.7 Å². The normalized spacial score (nSPS) is 10.6. The van der Waals surface area contributed by atoms with Crippen molar-refractivity contribution in [2.75, 3.05) is 0 Å². The number of hydrogen-bond donors (Lipinski definition) is 0. The van der Waals surface area contributed by atoms with Crippen LogP contribution >= 0.6 is 27.5 Å². The summed E-state index contributed by atoms with van der Waals surface area (Å²) in [5.74, 6) is 0.423. The highest BCUT2D eigenvalue weighted by Crippen LogP contribution is 2.26. The molecule has 0 saturated heterocycles. The van der Waals surface area contributed by atoms with Gasteiger partial charge in [0, 0.05) is 33.5 Å². The molecule has 0 amide bonds. The lowest BCUT2D eigenvalue weighted by atomic mass is 10.1. The Balaban J connectivity index is 1.94. The average molecular weight is 378 g/mol. The molecular weight excluding hydrogens is 368 g/mol. The Morgan fingerprint density at radius 3 is 2.95 bits per heavy atom. The number of ether oxygens (including phenoxy) is 1. The van der Waals surface area contributed by atoms with E-state index in [9.17, 15) is 4.79 Å². The lowest BCUT2D eigenvalue weighted by Crippen LogP contribution is -2.01. The number of carbonyl (C=O) groups is 1. The van der Waals surface area contributed by atoms with Crippen LogP contribution in [0.5, 0.6) is 5.75 Å². The van der Waals surface area contributed by atoms with Crippen LogP contribution in [0, 0.1) is 0 Å². The number of nitrogens with zero attached hydrogens (tertiary/aromatic N) is 2. The maximum Gasteiger partial charge on any atom is 0.172 e. The number of aldehydes is 1. The van der Waals surface area contributed by atoms with Gasteiger partial charge in [-0.15, -0.1) is 0 Å². The summed E-state index contributed by atoms with van der Waals surface area (Å²) in [5, 5.41) is 2.56. The maximum atomic E-state index is 11.0. The highest BCUT2D eigenvalue weighted by Gasteiger charge is 2.08. The highest BCUT2D eigenvalue weighted by molar-refractivity contribution is 9.10. The Hall–Kier alpha value is -1.98. The van der Waals surface area contributed by atoms with Gasteiger partial charge < -0.3 is 4.74 Å². The Morgan fingerprint density at radius 1 is 1.27 bits per heavy atom. The van der Waals surface area contributed by atoms with E-state index in [1.165, 1.54) is 0 Å². The second-order valence-electron chi connectivity index (χ2n) is 4.61. The molecule has 3 aromatic rings. The molecule has 0 aliphatic heterocycles. The third kappa shape index (κ3) is 3.10. The zero-order chi connectivity index (χ0) is 15.5. The van der Waals surface area contributed by atoms with Crippen molar-refractivity contribution in [1.29, 1.82) is 0 Å². The predicted molar refractivity (Wildman–Crippen MR) is 88.4 cm³/mol. The summed E-state index contributed by atoms with van der Waals surface area (Å²) in [6.07, 6.45) is 5.69. The van der Waals surface area contributed by atoms with Crippen LogP contribution in [0.3, 0.4) is 0 Å². The third-order valence-corrected chi connectivity index (χ3v) is 3.80. The summed E-state index contributed by atoms with van der Waals surface area (Å²) in [7, 11) is 0. The van der Waals surface area contributed by atoms with E-state index >= 15 is 0 Å². The molecule has 0 bridgehead atoms. The molecule has 2 aromatic heterocycles. The molecule has 0 spiro atoms. The van der Waals surface area contributed by atoms with Gasteiger partial charge in [-0.2, -0.15) is 0 Å². The van der Waals surface area contributed by atoms with Gasteiger partial charge in [0.1, 0.15) is 18.1 Å². The van der Waals surface area contributed by atoms with E-state index in [2.05, 4.69) is 25.9 Å². The van der Waals surface area contributed by atoms with Crippen molar-refractivity contribution in [2.45, 2.75) is 6.61 Å². The van der Waals surface area contributed by atoms with Gasteiger partial charge in [0.15, 0.2) is 6.29 Å². The molecule has 0 atom stereocenters. The fourth-order valence-corrected chi connectivity index (χ4v) is 2.72. The number of carbonyl (C=O) groups excluding carboxylic acids is 1. The predicted octanol–water partition coefficient (Wildman–Crippen LogP) is 4.44. The fourth-order valence-electron chi connectivity index (χ4n) is 2.16. The van der Waals surface area contributed by atoms with Crippen LogP contribution in [0.2, 0.25) is 5.02 Å². The highest BCUT2D eigenvalue weighted by atomic mass is 79.9. The molecule has 3 rings (SSSR count). The van der Waals surface area contributed by atoms with E-state index in [4.69, 9.17) is 16.3 Å². The van der Waals surface area contributed by atoms with Crippen molar-refractivity contribution in [3.05, 3.63) is 63.6 Å². The lowest BCUT2D eigenvalue weighted by Gasteiger charge is -2.11. The van der Waals surface area contributed by atoms with Gasteiger partial charge in [-0.3, -0.25) is 9.78 Å². The Morgan fingerprint density at radius 2 is 2.14 bits per heavy atom. The first-order valence-electron chi connectivity index (χ1n) is 6.43. The molecular formula is C16H10BrClN2O2. The topological polar surface area (TPSA) is 52.1 Å².